The number of nitrogens with one attached hydrogen (secondary N) is 1. The summed E-state index contributed by atoms with van der Waals surface area (Å²) in [6.45, 7) is 0.710. The Labute approximate surface area is 151 Å². The van der Waals surface area contributed by atoms with Crippen LogP contribution in [-0.4, -0.2) is 32.6 Å². The van der Waals surface area contributed by atoms with E-state index in [1.165, 1.54) is 0 Å². The van der Waals surface area contributed by atoms with Crippen LogP contribution in [0.3, 0.4) is 0 Å². The number of rotatable bonds is 4. The highest BCUT2D eigenvalue weighted by Gasteiger charge is 2.32. The van der Waals surface area contributed by atoms with Crippen molar-refractivity contribution in [1.82, 2.24) is 0 Å². The minimum absolute atomic E-state index is 0.174. The number of carbonyl (C=O) groups is 2. The third-order valence-corrected chi connectivity index (χ3v) is 4.96. The van der Waals surface area contributed by atoms with E-state index in [2.05, 4.69) is 5.32 Å². The third kappa shape index (κ3) is 2.67. The molecular weight excluding hydrogens is 332 g/mol. The van der Waals surface area contributed by atoms with Gasteiger partial charge in [-0.1, -0.05) is 0 Å². The first-order valence-electron chi connectivity index (χ1n) is 8.60. The van der Waals surface area contributed by atoms with Gasteiger partial charge >= 0.3 is 0 Å². The van der Waals surface area contributed by atoms with E-state index in [4.69, 9.17) is 9.47 Å². The van der Waals surface area contributed by atoms with E-state index in [9.17, 15) is 9.59 Å². The van der Waals surface area contributed by atoms with Gasteiger partial charge in [0.05, 0.1) is 19.9 Å². The van der Waals surface area contributed by atoms with Gasteiger partial charge in [-0.15, -0.1) is 0 Å². The molecule has 2 amide bonds. The second-order valence-electron chi connectivity index (χ2n) is 6.46. The van der Waals surface area contributed by atoms with Crippen LogP contribution in [0, 0.1) is 0 Å². The smallest absolute Gasteiger partial charge is 0.255 e. The van der Waals surface area contributed by atoms with Gasteiger partial charge in [0.25, 0.3) is 5.91 Å². The van der Waals surface area contributed by atoms with Crippen molar-refractivity contribution in [2.45, 2.75) is 19.3 Å². The first-order valence-corrected chi connectivity index (χ1v) is 8.60. The highest BCUT2D eigenvalue weighted by atomic mass is 16.5. The Morgan fingerprint density at radius 3 is 2.46 bits per heavy atom. The van der Waals surface area contributed by atoms with Crippen molar-refractivity contribution in [1.29, 1.82) is 0 Å². The molecular formula is C20H20N2O4. The van der Waals surface area contributed by atoms with Crippen molar-refractivity contribution in [3.8, 4) is 11.5 Å². The van der Waals surface area contributed by atoms with Gasteiger partial charge < -0.3 is 19.7 Å². The van der Waals surface area contributed by atoms with Crippen LogP contribution in [0.2, 0.25) is 0 Å². The Morgan fingerprint density at radius 2 is 1.73 bits per heavy atom. The molecule has 2 aliphatic heterocycles. The summed E-state index contributed by atoms with van der Waals surface area (Å²) in [6.07, 6.45) is 1.99. The number of nitrogens with zero attached hydrogens (tertiary/aromatic N) is 1. The van der Waals surface area contributed by atoms with Crippen LogP contribution in [-0.2, 0) is 17.6 Å². The van der Waals surface area contributed by atoms with Crippen molar-refractivity contribution in [3.63, 3.8) is 0 Å². The molecule has 0 atom stereocenters. The lowest BCUT2D eigenvalue weighted by Gasteiger charge is -2.25. The lowest BCUT2D eigenvalue weighted by atomic mass is 9.96. The maximum Gasteiger partial charge on any atom is 0.255 e. The standard InChI is InChI=1S/C20H20N2O4/c1-25-16-5-4-15(11-17(16)26-2)21-20(24)14-9-12-3-6-18(23)22-8-7-13(10-14)19(12)22/h4-5,9-11H,3,6-8H2,1-2H3,(H,21,24). The van der Waals surface area contributed by atoms with E-state index in [-0.39, 0.29) is 11.8 Å². The molecule has 0 aliphatic carbocycles. The molecule has 26 heavy (non-hydrogen) atoms. The average molecular weight is 352 g/mol. The van der Waals surface area contributed by atoms with Crippen LogP contribution in [0.1, 0.15) is 27.9 Å². The molecule has 2 aromatic rings. The van der Waals surface area contributed by atoms with Gasteiger partial charge in [-0.25, -0.2) is 0 Å². The van der Waals surface area contributed by atoms with Gasteiger partial charge in [0.1, 0.15) is 0 Å². The Hall–Kier alpha value is -3.02. The number of hydrogen-bond donors (Lipinski definition) is 1. The molecule has 0 radical (unpaired) electrons. The number of anilines is 2. The third-order valence-electron chi connectivity index (χ3n) is 4.96. The fraction of sp³-hybridized carbons (Fsp3) is 0.300. The molecule has 134 valence electrons. The summed E-state index contributed by atoms with van der Waals surface area (Å²) in [5.41, 5.74) is 4.43. The normalized spacial score (nSPS) is 14.8. The minimum Gasteiger partial charge on any atom is -0.493 e. The Morgan fingerprint density at radius 1 is 1.00 bits per heavy atom. The number of hydrogen-bond acceptors (Lipinski definition) is 4. The Bertz CT molecular complexity index is 907. The number of aryl methyl sites for hydroxylation is 1. The first-order chi connectivity index (χ1) is 12.6. The molecule has 1 N–H and O–H groups in total. The van der Waals surface area contributed by atoms with Crippen molar-refractivity contribution >= 4 is 23.2 Å². The van der Waals surface area contributed by atoms with Crippen molar-refractivity contribution in [2.75, 3.05) is 31.0 Å². The molecule has 0 saturated heterocycles. The predicted molar refractivity (Wildman–Crippen MR) is 98.3 cm³/mol. The van der Waals surface area contributed by atoms with Crippen molar-refractivity contribution in [3.05, 3.63) is 47.0 Å². The largest absolute Gasteiger partial charge is 0.493 e. The van der Waals surface area contributed by atoms with E-state index in [0.717, 1.165) is 23.2 Å². The quantitative estimate of drug-likeness (QED) is 0.919. The van der Waals surface area contributed by atoms with E-state index in [1.807, 2.05) is 17.0 Å². The van der Waals surface area contributed by atoms with Gasteiger partial charge in [-0.05, 0) is 48.2 Å². The van der Waals surface area contributed by atoms with E-state index < -0.39 is 0 Å². The van der Waals surface area contributed by atoms with E-state index >= 15 is 0 Å². The summed E-state index contributed by atoms with van der Waals surface area (Å²) < 4.78 is 10.5. The van der Waals surface area contributed by atoms with Crippen LogP contribution in [0.4, 0.5) is 11.4 Å². The Kier molecular flexibility index (Phi) is 4.03. The van der Waals surface area contributed by atoms with E-state index in [1.54, 1.807) is 32.4 Å². The molecule has 0 saturated carbocycles. The number of carbonyl (C=O) groups excluding carboxylic acids is 2. The topological polar surface area (TPSA) is 67.9 Å². The van der Waals surface area contributed by atoms with Gasteiger partial charge in [0, 0.05) is 30.3 Å². The molecule has 2 aromatic carbocycles. The molecule has 0 unspecified atom stereocenters. The van der Waals surface area contributed by atoms with Gasteiger partial charge in [-0.3, -0.25) is 9.59 Å². The zero-order valence-electron chi connectivity index (χ0n) is 14.8. The van der Waals surface area contributed by atoms with Crippen LogP contribution in [0.5, 0.6) is 11.5 Å². The van der Waals surface area contributed by atoms with Crippen LogP contribution < -0.4 is 19.7 Å². The van der Waals surface area contributed by atoms with Crippen molar-refractivity contribution < 1.29 is 19.1 Å². The summed E-state index contributed by atoms with van der Waals surface area (Å²) >= 11 is 0. The maximum atomic E-state index is 12.7. The summed E-state index contributed by atoms with van der Waals surface area (Å²) in [5, 5.41) is 2.91. The predicted octanol–water partition coefficient (Wildman–Crippen LogP) is 2.79. The number of benzene rings is 2. The number of amides is 2. The molecule has 2 aliphatic rings. The molecule has 6 nitrogen and oxygen atoms in total. The molecule has 0 spiro atoms. The summed E-state index contributed by atoms with van der Waals surface area (Å²) in [7, 11) is 3.13. The molecule has 4 rings (SSSR count). The van der Waals surface area contributed by atoms with Crippen LogP contribution in [0.25, 0.3) is 0 Å². The summed E-state index contributed by atoms with van der Waals surface area (Å²) in [6, 6.07) is 9.06. The molecule has 0 fully saturated rings. The zero-order chi connectivity index (χ0) is 18.3. The molecule has 0 aromatic heterocycles. The second-order valence-corrected chi connectivity index (χ2v) is 6.46. The highest BCUT2D eigenvalue weighted by Crippen LogP contribution is 2.37. The van der Waals surface area contributed by atoms with Gasteiger partial charge in [0.15, 0.2) is 11.5 Å². The van der Waals surface area contributed by atoms with E-state index in [0.29, 0.717) is 42.1 Å². The Balaban J connectivity index is 1.61. The zero-order valence-corrected chi connectivity index (χ0v) is 14.8. The number of methoxy groups -OCH3 is 2. The SMILES string of the molecule is COc1ccc(NC(=O)c2cc3c4c(c2)CCN4C(=O)CC3)cc1OC. The lowest BCUT2D eigenvalue weighted by molar-refractivity contribution is -0.118. The summed E-state index contributed by atoms with van der Waals surface area (Å²) in [5.74, 6) is 1.17. The van der Waals surface area contributed by atoms with Gasteiger partial charge in [0.2, 0.25) is 5.91 Å². The molecule has 6 heteroatoms. The first kappa shape index (κ1) is 16.4. The lowest BCUT2D eigenvalue weighted by Crippen LogP contribution is -2.33. The molecule has 2 heterocycles. The fourth-order valence-corrected chi connectivity index (χ4v) is 3.71. The summed E-state index contributed by atoms with van der Waals surface area (Å²) in [4.78, 5) is 26.6. The second kappa shape index (κ2) is 6.37. The van der Waals surface area contributed by atoms with Crippen molar-refractivity contribution in [2.24, 2.45) is 0 Å². The minimum atomic E-state index is -0.174. The van der Waals surface area contributed by atoms with Crippen LogP contribution >= 0.6 is 0 Å². The van der Waals surface area contributed by atoms with Crippen LogP contribution in [0.15, 0.2) is 30.3 Å². The average Bonchev–Trinajstić information content (AvgIpc) is 3.10. The molecule has 0 bridgehead atoms. The fourth-order valence-electron chi connectivity index (χ4n) is 3.71. The number of ether oxygens (including phenoxy) is 2. The van der Waals surface area contributed by atoms with Gasteiger partial charge in [-0.2, -0.15) is 0 Å². The highest BCUT2D eigenvalue weighted by molar-refractivity contribution is 6.06. The maximum absolute atomic E-state index is 12.7. The monoisotopic (exact) mass is 352 g/mol.